The highest BCUT2D eigenvalue weighted by Crippen LogP contribution is 2.44. The summed E-state index contributed by atoms with van der Waals surface area (Å²) in [6.45, 7) is 6.44. The van der Waals surface area contributed by atoms with Gasteiger partial charge in [-0.25, -0.2) is 0 Å². The third-order valence-electron chi connectivity index (χ3n) is 6.11. The van der Waals surface area contributed by atoms with Gasteiger partial charge in [0.15, 0.2) is 0 Å². The number of rotatable bonds is 3. The van der Waals surface area contributed by atoms with Crippen LogP contribution in [0.3, 0.4) is 0 Å². The number of hydrogen-bond acceptors (Lipinski definition) is 2. The average Bonchev–Trinajstić information content (AvgIpc) is 2.89. The number of benzene rings is 1. The van der Waals surface area contributed by atoms with Crippen molar-refractivity contribution >= 4 is 38.3 Å². The number of aryl methyl sites for hydroxylation is 1. The lowest BCUT2D eigenvalue weighted by Crippen LogP contribution is -2.47. The average molecular weight is 416 g/mol. The van der Waals surface area contributed by atoms with Gasteiger partial charge in [-0.3, -0.25) is 9.69 Å². The first kappa shape index (κ1) is 17.8. The van der Waals surface area contributed by atoms with Gasteiger partial charge < -0.3 is 9.47 Å². The molecule has 0 unspecified atom stereocenters. The van der Waals surface area contributed by atoms with Crippen LogP contribution in [0.5, 0.6) is 0 Å². The summed E-state index contributed by atoms with van der Waals surface area (Å²) in [6.07, 6.45) is 3.24. The predicted molar refractivity (Wildman–Crippen MR) is 110 cm³/mol. The van der Waals surface area contributed by atoms with Gasteiger partial charge in [-0.05, 0) is 66.0 Å². The zero-order chi connectivity index (χ0) is 18.6. The van der Waals surface area contributed by atoms with E-state index in [1.165, 1.54) is 32.2 Å². The second kappa shape index (κ2) is 6.54. The van der Waals surface area contributed by atoms with E-state index >= 15 is 0 Å². The second-order valence-electron chi connectivity index (χ2n) is 7.43. The lowest BCUT2D eigenvalue weighted by Gasteiger charge is -2.40. The molecule has 2 aliphatic rings. The van der Waals surface area contributed by atoms with Crippen molar-refractivity contribution in [3.63, 3.8) is 0 Å². The SMILES string of the molecule is CCN(CC)C(=O)[C@H]1C=C2c3cccc4c3c(c(Br)n4C)C[C@H]2N(C)C1. The molecule has 0 saturated heterocycles. The van der Waals surface area contributed by atoms with E-state index in [1.807, 2.05) is 4.90 Å². The Labute approximate surface area is 163 Å². The second-order valence-corrected chi connectivity index (χ2v) is 8.18. The Morgan fingerprint density at radius 1 is 1.27 bits per heavy atom. The molecule has 0 bridgehead atoms. The van der Waals surface area contributed by atoms with E-state index in [0.717, 1.165) is 26.1 Å². The van der Waals surface area contributed by atoms with Crippen LogP contribution in [0.1, 0.15) is 25.0 Å². The maximum absolute atomic E-state index is 13.0. The fraction of sp³-hybridized carbons (Fsp3) is 0.476. The van der Waals surface area contributed by atoms with Crippen LogP contribution in [0.15, 0.2) is 28.9 Å². The number of aromatic nitrogens is 1. The zero-order valence-electron chi connectivity index (χ0n) is 15.9. The van der Waals surface area contributed by atoms with Gasteiger partial charge in [-0.1, -0.05) is 18.2 Å². The number of fused-ring (bicyclic) bond motifs is 2. The molecule has 0 fully saturated rings. The van der Waals surface area contributed by atoms with Crippen molar-refractivity contribution in [3.8, 4) is 0 Å². The van der Waals surface area contributed by atoms with Gasteiger partial charge in [-0.2, -0.15) is 0 Å². The Morgan fingerprint density at radius 3 is 2.69 bits per heavy atom. The van der Waals surface area contributed by atoms with Gasteiger partial charge in [-0.15, -0.1) is 0 Å². The largest absolute Gasteiger partial charge is 0.343 e. The van der Waals surface area contributed by atoms with Crippen LogP contribution in [0.25, 0.3) is 16.5 Å². The molecule has 1 aromatic heterocycles. The van der Waals surface area contributed by atoms with Crippen LogP contribution < -0.4 is 0 Å². The van der Waals surface area contributed by atoms with E-state index in [9.17, 15) is 4.79 Å². The maximum atomic E-state index is 13.0. The van der Waals surface area contributed by atoms with Crippen molar-refractivity contribution in [2.75, 3.05) is 26.7 Å². The molecule has 4 nitrogen and oxygen atoms in total. The van der Waals surface area contributed by atoms with E-state index in [1.54, 1.807) is 0 Å². The quantitative estimate of drug-likeness (QED) is 0.764. The van der Waals surface area contributed by atoms with Crippen molar-refractivity contribution in [2.45, 2.75) is 26.3 Å². The van der Waals surface area contributed by atoms with Gasteiger partial charge >= 0.3 is 0 Å². The molecule has 0 spiro atoms. The smallest absolute Gasteiger partial charge is 0.230 e. The molecule has 0 N–H and O–H groups in total. The highest BCUT2D eigenvalue weighted by atomic mass is 79.9. The lowest BCUT2D eigenvalue weighted by molar-refractivity contribution is -0.134. The number of halogens is 1. The minimum atomic E-state index is -0.0601. The number of carbonyl (C=O) groups is 1. The van der Waals surface area contributed by atoms with Crippen molar-refractivity contribution in [2.24, 2.45) is 13.0 Å². The first-order chi connectivity index (χ1) is 12.5. The van der Waals surface area contributed by atoms with Gasteiger partial charge in [0.25, 0.3) is 0 Å². The molecule has 138 valence electrons. The first-order valence-electron chi connectivity index (χ1n) is 9.44. The Bertz CT molecular complexity index is 910. The summed E-state index contributed by atoms with van der Waals surface area (Å²) in [5.41, 5.74) is 5.25. The molecule has 2 heterocycles. The number of hydrogen-bond donors (Lipinski definition) is 0. The Hall–Kier alpha value is -1.59. The zero-order valence-corrected chi connectivity index (χ0v) is 17.5. The molecule has 0 radical (unpaired) electrons. The van der Waals surface area contributed by atoms with Crippen molar-refractivity contribution in [1.29, 1.82) is 0 Å². The maximum Gasteiger partial charge on any atom is 0.230 e. The summed E-state index contributed by atoms with van der Waals surface area (Å²) in [5, 5.41) is 1.34. The molecule has 4 rings (SSSR count). The molecule has 2 aromatic rings. The summed E-state index contributed by atoms with van der Waals surface area (Å²) < 4.78 is 3.40. The minimum absolute atomic E-state index is 0.0601. The summed E-state index contributed by atoms with van der Waals surface area (Å²) in [7, 11) is 4.27. The van der Waals surface area contributed by atoms with Crippen molar-refractivity contribution in [1.82, 2.24) is 14.4 Å². The highest BCUT2D eigenvalue weighted by molar-refractivity contribution is 9.10. The Morgan fingerprint density at radius 2 is 2.00 bits per heavy atom. The van der Waals surface area contributed by atoms with Crippen LogP contribution >= 0.6 is 15.9 Å². The molecule has 5 heteroatoms. The van der Waals surface area contributed by atoms with Crippen LogP contribution in [0.2, 0.25) is 0 Å². The highest BCUT2D eigenvalue weighted by Gasteiger charge is 2.37. The summed E-state index contributed by atoms with van der Waals surface area (Å²) >= 11 is 3.80. The van der Waals surface area contributed by atoms with E-state index in [-0.39, 0.29) is 11.8 Å². The van der Waals surface area contributed by atoms with Gasteiger partial charge in [0.05, 0.1) is 10.5 Å². The third kappa shape index (κ3) is 2.48. The molecular formula is C21H26BrN3O. The number of carbonyl (C=O) groups excluding carboxylic acids is 1. The normalized spacial score (nSPS) is 22.3. The minimum Gasteiger partial charge on any atom is -0.343 e. The van der Waals surface area contributed by atoms with Crippen LogP contribution in [0.4, 0.5) is 0 Å². The van der Waals surface area contributed by atoms with E-state index in [4.69, 9.17) is 0 Å². The standard InChI is InChI=1S/C21H26BrN3O/c1-5-25(6-2)21(26)13-10-15-14-8-7-9-17-19(14)16(20(22)24(17)4)11-18(15)23(3)12-13/h7-10,13,18H,5-6,11-12H2,1-4H3/t13-,18+/m0/s1. The van der Waals surface area contributed by atoms with E-state index in [2.05, 4.69) is 77.6 Å². The van der Waals surface area contributed by atoms with Crippen LogP contribution in [-0.4, -0.2) is 53.0 Å². The number of likely N-dealkylation sites (N-methyl/N-ethyl adjacent to an activating group) is 1. The summed E-state index contributed by atoms with van der Waals surface area (Å²) in [4.78, 5) is 17.3. The van der Waals surface area contributed by atoms with Gasteiger partial charge in [0.2, 0.25) is 5.91 Å². The fourth-order valence-corrected chi connectivity index (χ4v) is 5.23. The Kier molecular flexibility index (Phi) is 4.48. The van der Waals surface area contributed by atoms with Gasteiger partial charge in [0.1, 0.15) is 0 Å². The number of amides is 1. The van der Waals surface area contributed by atoms with E-state index in [0.29, 0.717) is 6.04 Å². The first-order valence-corrected chi connectivity index (χ1v) is 10.2. The molecule has 2 atom stereocenters. The lowest BCUT2D eigenvalue weighted by atomic mass is 9.79. The summed E-state index contributed by atoms with van der Waals surface area (Å²) in [5.74, 6) is 0.190. The van der Waals surface area contributed by atoms with E-state index < -0.39 is 0 Å². The molecule has 26 heavy (non-hydrogen) atoms. The fourth-order valence-electron chi connectivity index (χ4n) is 4.68. The molecule has 0 saturated carbocycles. The van der Waals surface area contributed by atoms with Crippen molar-refractivity contribution < 1.29 is 4.79 Å². The van der Waals surface area contributed by atoms with Crippen molar-refractivity contribution in [3.05, 3.63) is 40.0 Å². The molecule has 1 aliphatic carbocycles. The number of nitrogens with zero attached hydrogens (tertiary/aromatic N) is 3. The molecule has 1 amide bonds. The van der Waals surface area contributed by atoms with Crippen LogP contribution in [-0.2, 0) is 18.3 Å². The monoisotopic (exact) mass is 415 g/mol. The molecule has 1 aromatic carbocycles. The molecule has 1 aliphatic heterocycles. The summed E-state index contributed by atoms with van der Waals surface area (Å²) in [6, 6.07) is 6.87. The topological polar surface area (TPSA) is 28.5 Å². The Balaban J connectivity index is 1.86. The van der Waals surface area contributed by atoms with Crippen LogP contribution in [0, 0.1) is 5.92 Å². The van der Waals surface area contributed by atoms with Gasteiger partial charge in [0, 0.05) is 43.6 Å². The third-order valence-corrected chi connectivity index (χ3v) is 7.12. The molecular weight excluding hydrogens is 390 g/mol. The predicted octanol–water partition coefficient (Wildman–Crippen LogP) is 3.68.